The van der Waals surface area contributed by atoms with Gasteiger partial charge in [0.2, 0.25) is 0 Å². The summed E-state index contributed by atoms with van der Waals surface area (Å²) >= 11 is 0. The number of hydrogen-bond donors (Lipinski definition) is 0. The van der Waals surface area contributed by atoms with Crippen LogP contribution in [-0.2, 0) is 0 Å². The predicted molar refractivity (Wildman–Crippen MR) is 209 cm³/mol. The first-order chi connectivity index (χ1) is 25.2. The van der Waals surface area contributed by atoms with Gasteiger partial charge < -0.3 is 4.42 Å². The minimum atomic E-state index is 0.360. The van der Waals surface area contributed by atoms with E-state index in [2.05, 4.69) is 140 Å². The number of fused-ring (bicyclic) bond motifs is 5. The topological polar surface area (TPSA) is 51.8 Å². The Kier molecular flexibility index (Phi) is 6.91. The second kappa shape index (κ2) is 12.0. The van der Waals surface area contributed by atoms with Gasteiger partial charge in [0.25, 0.3) is 0 Å². The highest BCUT2D eigenvalue weighted by molar-refractivity contribution is 6.18. The molecule has 0 N–H and O–H groups in total. The maximum atomic E-state index is 6.77. The fourth-order valence-corrected chi connectivity index (χ4v) is 7.43. The highest BCUT2D eigenvalue weighted by atomic mass is 16.3. The van der Waals surface area contributed by atoms with Crippen molar-refractivity contribution in [2.75, 3.05) is 0 Å². The van der Waals surface area contributed by atoms with Gasteiger partial charge in [0.05, 0.1) is 0 Å². The van der Waals surface area contributed by atoms with Crippen LogP contribution in [0, 0.1) is 0 Å². The summed E-state index contributed by atoms with van der Waals surface area (Å²) in [6, 6.07) is 50.9. The van der Waals surface area contributed by atoms with Crippen molar-refractivity contribution in [3.63, 3.8) is 0 Å². The van der Waals surface area contributed by atoms with E-state index >= 15 is 0 Å². The zero-order chi connectivity index (χ0) is 33.7. The standard InChI is InChI=1S/C47H31N3O/c1-3-12-30(13-4-1)34-19-11-20-36(26-34)43-39-21-10-9-18-35(39)28-41-40-29-38(24-25-42(40)51-44(41)43)47-49-45(32-15-5-2-6-16-32)48-46(50-47)37-23-22-31-14-7-8-17-33(31)27-37/h1-12,14-30H,13H2. The number of furan rings is 1. The Hall–Kier alpha value is -6.65. The molecule has 51 heavy (non-hydrogen) atoms. The molecule has 0 saturated heterocycles. The summed E-state index contributed by atoms with van der Waals surface area (Å²) in [5.41, 5.74) is 8.08. The fourth-order valence-electron chi connectivity index (χ4n) is 7.43. The van der Waals surface area contributed by atoms with Crippen LogP contribution in [0.4, 0.5) is 0 Å². The van der Waals surface area contributed by atoms with Crippen molar-refractivity contribution in [3.8, 4) is 45.3 Å². The summed E-state index contributed by atoms with van der Waals surface area (Å²) in [5.74, 6) is 2.25. The third-order valence-electron chi connectivity index (χ3n) is 10.0. The maximum Gasteiger partial charge on any atom is 0.164 e. The van der Waals surface area contributed by atoms with Crippen molar-refractivity contribution in [1.29, 1.82) is 0 Å². The van der Waals surface area contributed by atoms with Gasteiger partial charge in [0.15, 0.2) is 17.5 Å². The van der Waals surface area contributed by atoms with Gasteiger partial charge in [-0.05, 0) is 69.4 Å². The number of allylic oxidation sites excluding steroid dienone is 4. The molecule has 7 aromatic carbocycles. The van der Waals surface area contributed by atoms with Crippen LogP contribution in [0.1, 0.15) is 17.9 Å². The quantitative estimate of drug-likeness (QED) is 0.185. The summed E-state index contributed by atoms with van der Waals surface area (Å²) in [4.78, 5) is 15.1. The van der Waals surface area contributed by atoms with E-state index in [-0.39, 0.29) is 0 Å². The Labute approximate surface area is 295 Å². The van der Waals surface area contributed by atoms with Crippen LogP contribution >= 0.6 is 0 Å². The Morgan fingerprint density at radius 3 is 2.00 bits per heavy atom. The lowest BCUT2D eigenvalue weighted by Gasteiger charge is -2.15. The number of aromatic nitrogens is 3. The Morgan fingerprint density at radius 2 is 1.18 bits per heavy atom. The van der Waals surface area contributed by atoms with Crippen LogP contribution in [0.15, 0.2) is 174 Å². The first-order valence-electron chi connectivity index (χ1n) is 17.4. The monoisotopic (exact) mass is 653 g/mol. The summed E-state index contributed by atoms with van der Waals surface area (Å²) in [6.45, 7) is 0. The normalized spacial score (nSPS) is 14.2. The van der Waals surface area contributed by atoms with Crippen molar-refractivity contribution in [2.24, 2.45) is 0 Å². The van der Waals surface area contributed by atoms with Crippen LogP contribution in [0.25, 0.3) is 88.8 Å². The zero-order valence-corrected chi connectivity index (χ0v) is 27.7. The van der Waals surface area contributed by atoms with Crippen molar-refractivity contribution in [3.05, 3.63) is 175 Å². The average Bonchev–Trinajstić information content (AvgIpc) is 3.57. The minimum Gasteiger partial charge on any atom is -0.455 e. The van der Waals surface area contributed by atoms with E-state index in [4.69, 9.17) is 19.4 Å². The van der Waals surface area contributed by atoms with Crippen LogP contribution in [-0.4, -0.2) is 15.0 Å². The van der Waals surface area contributed by atoms with Gasteiger partial charge >= 0.3 is 0 Å². The Morgan fingerprint density at radius 1 is 0.471 bits per heavy atom. The summed E-state index contributed by atoms with van der Waals surface area (Å²) in [6.07, 6.45) is 9.81. The summed E-state index contributed by atoms with van der Waals surface area (Å²) < 4.78 is 6.77. The molecule has 240 valence electrons. The van der Waals surface area contributed by atoms with Gasteiger partial charge in [0.1, 0.15) is 11.2 Å². The van der Waals surface area contributed by atoms with Gasteiger partial charge in [-0.25, -0.2) is 15.0 Å². The fraction of sp³-hybridized carbons (Fsp3) is 0.0426. The molecule has 0 spiro atoms. The highest BCUT2D eigenvalue weighted by Crippen LogP contribution is 2.43. The Balaban J connectivity index is 1.16. The molecule has 0 bridgehead atoms. The van der Waals surface area contributed by atoms with Gasteiger partial charge in [-0.1, -0.05) is 140 Å². The molecule has 1 unspecified atom stereocenters. The van der Waals surface area contributed by atoms with Crippen LogP contribution in [0.3, 0.4) is 0 Å². The molecule has 1 aliphatic rings. The van der Waals surface area contributed by atoms with Gasteiger partial charge in [-0.2, -0.15) is 0 Å². The lowest BCUT2D eigenvalue weighted by molar-refractivity contribution is 0.670. The van der Waals surface area contributed by atoms with Crippen molar-refractivity contribution < 1.29 is 4.42 Å². The van der Waals surface area contributed by atoms with E-state index < -0.39 is 0 Å². The third-order valence-corrected chi connectivity index (χ3v) is 10.0. The largest absolute Gasteiger partial charge is 0.455 e. The van der Waals surface area contributed by atoms with E-state index in [0.717, 1.165) is 61.6 Å². The predicted octanol–water partition coefficient (Wildman–Crippen LogP) is 12.3. The van der Waals surface area contributed by atoms with E-state index in [1.54, 1.807) is 0 Å². The molecule has 0 radical (unpaired) electrons. The molecule has 0 aliphatic heterocycles. The van der Waals surface area contributed by atoms with E-state index in [1.165, 1.54) is 21.7 Å². The molecule has 1 aliphatic carbocycles. The third kappa shape index (κ3) is 5.20. The van der Waals surface area contributed by atoms with Gasteiger partial charge in [0, 0.05) is 38.9 Å². The molecule has 2 aromatic heterocycles. The molecule has 2 heterocycles. The molecule has 1 atom stereocenters. The summed E-state index contributed by atoms with van der Waals surface area (Å²) in [5, 5.41) is 6.76. The number of hydrogen-bond acceptors (Lipinski definition) is 4. The SMILES string of the molecule is C1=CCC(c2cccc(-c3c4ccccc4cc4c3oc3ccc(-c5nc(-c6ccccc6)nc(-c6ccc7ccccc7c6)n5)cc34)c2)C=C1. The number of nitrogens with zero attached hydrogens (tertiary/aromatic N) is 3. The van der Waals surface area contributed by atoms with Crippen LogP contribution in [0.2, 0.25) is 0 Å². The number of benzene rings is 7. The average molecular weight is 654 g/mol. The van der Waals surface area contributed by atoms with E-state index in [0.29, 0.717) is 23.4 Å². The lowest BCUT2D eigenvalue weighted by atomic mass is 9.89. The number of rotatable bonds is 5. The molecule has 9 aromatic rings. The molecule has 0 saturated carbocycles. The molecular weight excluding hydrogens is 623 g/mol. The molecule has 0 fully saturated rings. The van der Waals surface area contributed by atoms with Crippen molar-refractivity contribution >= 4 is 43.5 Å². The molecular formula is C47H31N3O. The molecule has 4 nitrogen and oxygen atoms in total. The lowest BCUT2D eigenvalue weighted by Crippen LogP contribution is -2.00. The van der Waals surface area contributed by atoms with E-state index in [9.17, 15) is 0 Å². The first kappa shape index (κ1) is 29.3. The second-order valence-corrected chi connectivity index (χ2v) is 13.2. The molecule has 4 heteroatoms. The smallest absolute Gasteiger partial charge is 0.164 e. The summed E-state index contributed by atoms with van der Waals surface area (Å²) in [7, 11) is 0. The molecule has 10 rings (SSSR count). The van der Waals surface area contributed by atoms with Gasteiger partial charge in [-0.15, -0.1) is 0 Å². The van der Waals surface area contributed by atoms with Crippen molar-refractivity contribution in [2.45, 2.75) is 12.3 Å². The van der Waals surface area contributed by atoms with Crippen molar-refractivity contribution in [1.82, 2.24) is 15.0 Å². The van der Waals surface area contributed by atoms with Crippen LogP contribution < -0.4 is 0 Å². The molecule has 0 amide bonds. The van der Waals surface area contributed by atoms with Gasteiger partial charge in [-0.3, -0.25) is 0 Å². The van der Waals surface area contributed by atoms with E-state index in [1.807, 2.05) is 30.3 Å². The minimum absolute atomic E-state index is 0.360. The maximum absolute atomic E-state index is 6.77. The highest BCUT2D eigenvalue weighted by Gasteiger charge is 2.20. The zero-order valence-electron chi connectivity index (χ0n) is 27.7. The Bertz CT molecular complexity index is 2850. The van der Waals surface area contributed by atoms with Crippen LogP contribution in [0.5, 0.6) is 0 Å². The second-order valence-electron chi connectivity index (χ2n) is 13.2. The first-order valence-corrected chi connectivity index (χ1v) is 17.4.